The summed E-state index contributed by atoms with van der Waals surface area (Å²) in [6.45, 7) is 2.34. The van der Waals surface area contributed by atoms with Crippen LogP contribution < -0.4 is 5.32 Å². The number of carbonyl (C=O) groups is 2. The maximum absolute atomic E-state index is 13.2. The molecule has 7 heteroatoms. The van der Waals surface area contributed by atoms with Crippen LogP contribution in [0.3, 0.4) is 0 Å². The molecule has 2 atom stereocenters. The minimum atomic E-state index is -0.250. The van der Waals surface area contributed by atoms with Crippen molar-refractivity contribution in [2.24, 2.45) is 0 Å². The van der Waals surface area contributed by atoms with Crippen molar-refractivity contribution in [3.8, 4) is 0 Å². The molecule has 150 valence electrons. The van der Waals surface area contributed by atoms with Crippen LogP contribution in [0.25, 0.3) is 10.9 Å². The van der Waals surface area contributed by atoms with Gasteiger partial charge in [-0.3, -0.25) is 14.5 Å². The van der Waals surface area contributed by atoms with Gasteiger partial charge in [-0.2, -0.15) is 0 Å². The number of benzene rings is 1. The van der Waals surface area contributed by atoms with Gasteiger partial charge in [0.25, 0.3) is 12.4 Å². The van der Waals surface area contributed by atoms with E-state index in [2.05, 4.69) is 40.0 Å². The smallest absolute Gasteiger partial charge is 0.290 e. The lowest BCUT2D eigenvalue weighted by Crippen LogP contribution is -2.59. The van der Waals surface area contributed by atoms with Crippen molar-refractivity contribution in [1.29, 1.82) is 0 Å². The van der Waals surface area contributed by atoms with Gasteiger partial charge in [0.15, 0.2) is 0 Å². The van der Waals surface area contributed by atoms with Crippen LogP contribution in [0.4, 0.5) is 0 Å². The number of piperidine rings is 1. The second kappa shape index (κ2) is 7.93. The summed E-state index contributed by atoms with van der Waals surface area (Å²) >= 11 is 0. The van der Waals surface area contributed by atoms with E-state index < -0.39 is 0 Å². The van der Waals surface area contributed by atoms with Gasteiger partial charge in [-0.1, -0.05) is 18.2 Å². The highest BCUT2D eigenvalue weighted by Crippen LogP contribution is 2.32. The molecule has 1 aromatic heterocycles. The van der Waals surface area contributed by atoms with E-state index in [1.54, 1.807) is 0 Å². The van der Waals surface area contributed by atoms with Gasteiger partial charge in [0, 0.05) is 41.3 Å². The van der Waals surface area contributed by atoms with Crippen LogP contribution in [0.2, 0.25) is 0 Å². The molecule has 5 rings (SSSR count). The number of ether oxygens (including phenoxy) is 1. The maximum Gasteiger partial charge on any atom is 0.290 e. The number of hydrogen-bond donors (Lipinski definition) is 2. The van der Waals surface area contributed by atoms with Crippen molar-refractivity contribution < 1.29 is 19.4 Å². The largest absolute Gasteiger partial charge is 0.483 e. The molecule has 1 aromatic carbocycles. The van der Waals surface area contributed by atoms with E-state index in [0.29, 0.717) is 12.1 Å². The number of nitrogens with one attached hydrogen (secondary N) is 1. The lowest BCUT2D eigenvalue weighted by Gasteiger charge is -2.46. The van der Waals surface area contributed by atoms with E-state index in [0.717, 1.165) is 56.4 Å². The quantitative estimate of drug-likeness (QED) is 0.772. The Morgan fingerprint density at radius 1 is 1.25 bits per heavy atom. The summed E-state index contributed by atoms with van der Waals surface area (Å²) in [6, 6.07) is 9.42. The summed E-state index contributed by atoms with van der Waals surface area (Å²) in [4.78, 5) is 24.0. The highest BCUT2D eigenvalue weighted by atomic mass is 16.5. The summed E-state index contributed by atoms with van der Waals surface area (Å²) < 4.78 is 8.03. The second-order valence-electron chi connectivity index (χ2n) is 7.85. The number of fused-ring (bicyclic) bond motifs is 5. The third-order valence-electron chi connectivity index (χ3n) is 6.32. The molecule has 3 aliphatic rings. The number of likely N-dealkylation sites (N-methyl/N-ethyl adjacent to an activating group) is 1. The van der Waals surface area contributed by atoms with Crippen LogP contribution in [0.1, 0.15) is 35.3 Å². The summed E-state index contributed by atoms with van der Waals surface area (Å²) in [7, 11) is 2.18. The zero-order valence-corrected chi connectivity index (χ0v) is 16.1. The number of para-hydroxylation sites is 1. The number of morpholine rings is 1. The van der Waals surface area contributed by atoms with E-state index in [-0.39, 0.29) is 18.4 Å². The number of nitrogens with zero attached hydrogens (tertiary/aromatic N) is 2. The van der Waals surface area contributed by atoms with Gasteiger partial charge in [-0.15, -0.1) is 0 Å². The molecular weight excluding hydrogens is 358 g/mol. The predicted molar refractivity (Wildman–Crippen MR) is 106 cm³/mol. The lowest BCUT2D eigenvalue weighted by molar-refractivity contribution is -0.122. The lowest BCUT2D eigenvalue weighted by atomic mass is 9.90. The van der Waals surface area contributed by atoms with E-state index in [1.165, 1.54) is 11.2 Å². The van der Waals surface area contributed by atoms with E-state index in [9.17, 15) is 4.79 Å². The first-order valence-electron chi connectivity index (χ1n) is 9.92. The number of amides is 1. The first-order valence-corrected chi connectivity index (χ1v) is 9.92. The zero-order valence-electron chi connectivity index (χ0n) is 16.1. The molecule has 2 aromatic rings. The fourth-order valence-electron chi connectivity index (χ4n) is 5.00. The number of rotatable bonds is 2. The van der Waals surface area contributed by atoms with Crippen molar-refractivity contribution in [3.63, 3.8) is 0 Å². The molecule has 3 aliphatic heterocycles. The molecule has 2 N–H and O–H groups in total. The van der Waals surface area contributed by atoms with Gasteiger partial charge in [0.05, 0.1) is 18.8 Å². The van der Waals surface area contributed by atoms with E-state index in [4.69, 9.17) is 14.6 Å². The van der Waals surface area contributed by atoms with Crippen LogP contribution in [0, 0.1) is 0 Å². The Bertz CT molecular complexity index is 864. The third kappa shape index (κ3) is 3.29. The molecule has 2 saturated heterocycles. The second-order valence-corrected chi connectivity index (χ2v) is 7.85. The Morgan fingerprint density at radius 3 is 2.64 bits per heavy atom. The average molecular weight is 385 g/mol. The standard InChI is InChI=1S/C20H25N3O2.CH2O2/c1-22-14-9-13(10-15(22)12-25-11-14)21-20(24)19-16-5-2-3-6-17(16)23-8-4-7-18(19)23;2-1-3/h2-3,5-6,13-15H,4,7-12H2,1H3,(H,21,24);1H,(H,2,3). The first kappa shape index (κ1) is 19.0. The molecular formula is C21H27N3O4. The highest BCUT2D eigenvalue weighted by molar-refractivity contribution is 6.08. The van der Waals surface area contributed by atoms with E-state index in [1.807, 2.05) is 6.07 Å². The van der Waals surface area contributed by atoms with Gasteiger partial charge in [-0.05, 0) is 38.8 Å². The summed E-state index contributed by atoms with van der Waals surface area (Å²) in [5, 5.41) is 11.3. The Kier molecular flexibility index (Phi) is 5.37. The third-order valence-corrected chi connectivity index (χ3v) is 6.32. The highest BCUT2D eigenvalue weighted by Gasteiger charge is 2.38. The number of hydrogen-bond acceptors (Lipinski definition) is 4. The summed E-state index contributed by atoms with van der Waals surface area (Å²) in [5.74, 6) is 0.111. The predicted octanol–water partition coefficient (Wildman–Crippen LogP) is 1.88. The van der Waals surface area contributed by atoms with E-state index >= 15 is 0 Å². The van der Waals surface area contributed by atoms with Crippen LogP contribution in [-0.4, -0.2) is 65.3 Å². The molecule has 4 heterocycles. The van der Waals surface area contributed by atoms with Crippen molar-refractivity contribution in [2.75, 3.05) is 20.3 Å². The number of aromatic nitrogens is 1. The number of carbonyl (C=O) groups excluding carboxylic acids is 1. The SMILES string of the molecule is CN1C2COCC1CC(NC(=O)c1c3n(c4ccccc14)CCC3)C2.O=CO. The molecule has 7 nitrogen and oxygen atoms in total. The zero-order chi connectivity index (χ0) is 19.7. The summed E-state index contributed by atoms with van der Waals surface area (Å²) in [5.41, 5.74) is 3.33. The Labute approximate surface area is 164 Å². The van der Waals surface area contributed by atoms with Crippen molar-refractivity contribution in [3.05, 3.63) is 35.5 Å². The van der Waals surface area contributed by atoms with Gasteiger partial charge >= 0.3 is 0 Å². The van der Waals surface area contributed by atoms with Crippen LogP contribution >= 0.6 is 0 Å². The normalized spacial score (nSPS) is 26.2. The topological polar surface area (TPSA) is 83.8 Å². The number of carboxylic acid groups (broad SMARTS) is 1. The van der Waals surface area contributed by atoms with Crippen molar-refractivity contribution in [1.82, 2.24) is 14.8 Å². The first-order chi connectivity index (χ1) is 13.6. The van der Waals surface area contributed by atoms with Crippen LogP contribution in [-0.2, 0) is 22.5 Å². The molecule has 2 unspecified atom stereocenters. The molecule has 2 bridgehead atoms. The van der Waals surface area contributed by atoms with Crippen LogP contribution in [0.5, 0.6) is 0 Å². The fraction of sp³-hybridized carbons (Fsp3) is 0.524. The molecule has 1 amide bonds. The Morgan fingerprint density at radius 2 is 1.93 bits per heavy atom. The van der Waals surface area contributed by atoms with Gasteiger partial charge < -0.3 is 19.7 Å². The Balaban J connectivity index is 0.000000604. The molecule has 28 heavy (non-hydrogen) atoms. The van der Waals surface area contributed by atoms with Crippen molar-refractivity contribution >= 4 is 23.3 Å². The monoisotopic (exact) mass is 385 g/mol. The van der Waals surface area contributed by atoms with Crippen molar-refractivity contribution in [2.45, 2.75) is 50.4 Å². The molecule has 0 aliphatic carbocycles. The minimum absolute atomic E-state index is 0.111. The van der Waals surface area contributed by atoms with Gasteiger partial charge in [-0.25, -0.2) is 0 Å². The molecule has 0 spiro atoms. The van der Waals surface area contributed by atoms with Gasteiger partial charge in [0.2, 0.25) is 0 Å². The Hall–Kier alpha value is -2.38. The minimum Gasteiger partial charge on any atom is -0.483 e. The molecule has 0 radical (unpaired) electrons. The molecule has 2 fully saturated rings. The van der Waals surface area contributed by atoms with Gasteiger partial charge in [0.1, 0.15) is 0 Å². The number of aryl methyl sites for hydroxylation is 1. The average Bonchev–Trinajstić information content (AvgIpc) is 3.24. The summed E-state index contributed by atoms with van der Waals surface area (Å²) in [6.07, 6.45) is 4.10. The molecule has 0 saturated carbocycles. The van der Waals surface area contributed by atoms with Crippen LogP contribution in [0.15, 0.2) is 24.3 Å². The fourth-order valence-corrected chi connectivity index (χ4v) is 5.00. The maximum atomic E-state index is 13.2.